The number of sulfone groups is 1. The van der Waals surface area contributed by atoms with Gasteiger partial charge in [-0.3, -0.25) is 0 Å². The number of rotatable bonds is 3. The largest absolute Gasteiger partial charge is 0.369 e. The fourth-order valence-corrected chi connectivity index (χ4v) is 3.75. The highest BCUT2D eigenvalue weighted by Crippen LogP contribution is 2.22. The number of benzene rings is 1. The SMILES string of the molecule is CS(=O)(=O)c1cccc(N2CCN(S(=O)(=O)Cl)CC2)c1. The van der Waals surface area contributed by atoms with Crippen molar-refractivity contribution in [3.05, 3.63) is 24.3 Å². The second kappa shape index (κ2) is 5.51. The highest BCUT2D eigenvalue weighted by atomic mass is 35.7. The minimum atomic E-state index is -3.68. The van der Waals surface area contributed by atoms with Crippen LogP contribution in [-0.4, -0.2) is 53.6 Å². The predicted molar refractivity (Wildman–Crippen MR) is 78.1 cm³/mol. The van der Waals surface area contributed by atoms with Gasteiger partial charge in [-0.05, 0) is 18.2 Å². The molecule has 0 atom stereocenters. The Balaban J connectivity index is 2.16. The van der Waals surface area contributed by atoms with E-state index in [0.29, 0.717) is 13.1 Å². The van der Waals surface area contributed by atoms with Gasteiger partial charge in [-0.1, -0.05) is 6.07 Å². The van der Waals surface area contributed by atoms with Crippen LogP contribution in [0, 0.1) is 0 Å². The van der Waals surface area contributed by atoms with Crippen molar-refractivity contribution < 1.29 is 16.8 Å². The number of hydrogen-bond acceptors (Lipinski definition) is 5. The maximum absolute atomic E-state index is 11.5. The third-order valence-electron chi connectivity index (χ3n) is 3.16. The van der Waals surface area contributed by atoms with E-state index in [9.17, 15) is 16.8 Å². The summed E-state index contributed by atoms with van der Waals surface area (Å²) >= 11 is 0. The van der Waals surface area contributed by atoms with E-state index in [1.807, 2.05) is 4.90 Å². The Morgan fingerprint density at radius 2 is 1.65 bits per heavy atom. The number of anilines is 1. The van der Waals surface area contributed by atoms with E-state index >= 15 is 0 Å². The predicted octanol–water partition coefficient (Wildman–Crippen LogP) is 0.696. The summed E-state index contributed by atoms with van der Waals surface area (Å²) < 4.78 is 46.7. The van der Waals surface area contributed by atoms with Gasteiger partial charge in [-0.15, -0.1) is 0 Å². The van der Waals surface area contributed by atoms with Crippen LogP contribution >= 0.6 is 10.7 Å². The molecular weight excluding hydrogens is 324 g/mol. The van der Waals surface area contributed by atoms with Crippen LogP contribution in [0.4, 0.5) is 5.69 Å². The van der Waals surface area contributed by atoms with Gasteiger partial charge in [-0.25, -0.2) is 8.42 Å². The number of piperazine rings is 1. The van der Waals surface area contributed by atoms with Crippen LogP contribution in [0.5, 0.6) is 0 Å². The first kappa shape index (κ1) is 15.6. The van der Waals surface area contributed by atoms with Crippen LogP contribution in [0.1, 0.15) is 0 Å². The van der Waals surface area contributed by atoms with Crippen LogP contribution < -0.4 is 4.90 Å². The van der Waals surface area contributed by atoms with Crippen LogP contribution in [-0.2, 0) is 19.1 Å². The first-order valence-corrected chi connectivity index (χ1v) is 10.1. The zero-order chi connectivity index (χ0) is 15.0. The molecule has 1 fully saturated rings. The lowest BCUT2D eigenvalue weighted by molar-refractivity contribution is 0.393. The van der Waals surface area contributed by atoms with Crippen LogP contribution in [0.2, 0.25) is 0 Å². The van der Waals surface area contributed by atoms with Crippen molar-refractivity contribution in [1.29, 1.82) is 0 Å². The van der Waals surface area contributed by atoms with Crippen molar-refractivity contribution in [2.75, 3.05) is 37.3 Å². The third-order valence-corrected chi connectivity index (χ3v) is 5.84. The molecule has 1 aliphatic heterocycles. The van der Waals surface area contributed by atoms with Crippen molar-refractivity contribution in [1.82, 2.24) is 4.31 Å². The highest BCUT2D eigenvalue weighted by molar-refractivity contribution is 8.11. The summed E-state index contributed by atoms with van der Waals surface area (Å²) in [7, 11) is -1.64. The van der Waals surface area contributed by atoms with Crippen molar-refractivity contribution in [3.63, 3.8) is 0 Å². The molecule has 1 heterocycles. The lowest BCUT2D eigenvalue weighted by atomic mass is 10.2. The summed E-state index contributed by atoms with van der Waals surface area (Å²) in [4.78, 5) is 2.19. The molecule has 1 aliphatic rings. The normalized spacial score (nSPS) is 18.2. The van der Waals surface area contributed by atoms with Crippen LogP contribution in [0.25, 0.3) is 0 Å². The van der Waals surface area contributed by atoms with E-state index in [-0.39, 0.29) is 18.0 Å². The van der Waals surface area contributed by atoms with Gasteiger partial charge in [0.1, 0.15) is 0 Å². The van der Waals surface area contributed by atoms with Gasteiger partial charge in [0, 0.05) is 48.8 Å². The maximum Gasteiger partial charge on any atom is 0.299 e. The van der Waals surface area contributed by atoms with Crippen LogP contribution in [0.15, 0.2) is 29.2 Å². The minimum absolute atomic E-state index is 0.252. The molecule has 6 nitrogen and oxygen atoms in total. The standard InChI is InChI=1S/C11H15ClN2O4S2/c1-19(15,16)11-4-2-3-10(9-11)13-5-7-14(8-6-13)20(12,17)18/h2-4,9H,5-8H2,1H3. The Labute approximate surface area is 123 Å². The molecule has 0 unspecified atom stereocenters. The van der Waals surface area contributed by atoms with Crippen molar-refractivity contribution in [3.8, 4) is 0 Å². The number of hydrogen-bond donors (Lipinski definition) is 0. The Morgan fingerprint density at radius 1 is 1.05 bits per heavy atom. The third kappa shape index (κ3) is 3.63. The Hall–Kier alpha value is -0.830. The molecule has 0 saturated carbocycles. The molecule has 0 bridgehead atoms. The summed E-state index contributed by atoms with van der Waals surface area (Å²) in [5.41, 5.74) is 0.763. The van der Waals surface area contributed by atoms with Gasteiger partial charge in [0.25, 0.3) is 9.24 Å². The lowest BCUT2D eigenvalue weighted by Crippen LogP contribution is -2.47. The molecule has 2 rings (SSSR count). The first-order chi connectivity index (χ1) is 9.18. The minimum Gasteiger partial charge on any atom is -0.369 e. The molecule has 0 aromatic heterocycles. The zero-order valence-corrected chi connectivity index (χ0v) is 13.2. The van der Waals surface area contributed by atoms with Gasteiger partial charge in [-0.2, -0.15) is 12.7 Å². The quantitative estimate of drug-likeness (QED) is 0.758. The van der Waals surface area contributed by atoms with Gasteiger partial charge in [0.15, 0.2) is 9.84 Å². The van der Waals surface area contributed by atoms with Crippen molar-refractivity contribution >= 4 is 35.4 Å². The zero-order valence-electron chi connectivity index (χ0n) is 10.9. The molecule has 0 amide bonds. The van der Waals surface area contributed by atoms with Gasteiger partial charge in [0.2, 0.25) is 0 Å². The van der Waals surface area contributed by atoms with E-state index in [4.69, 9.17) is 10.7 Å². The van der Waals surface area contributed by atoms with Gasteiger partial charge in [0.05, 0.1) is 4.90 Å². The van der Waals surface area contributed by atoms with Gasteiger partial charge < -0.3 is 4.90 Å². The molecule has 1 saturated heterocycles. The highest BCUT2D eigenvalue weighted by Gasteiger charge is 2.25. The smallest absolute Gasteiger partial charge is 0.299 e. The summed E-state index contributed by atoms with van der Waals surface area (Å²) in [5, 5.41) is 0. The fourth-order valence-electron chi connectivity index (χ4n) is 2.08. The van der Waals surface area contributed by atoms with E-state index in [0.717, 1.165) is 11.9 Å². The van der Waals surface area contributed by atoms with Crippen molar-refractivity contribution in [2.45, 2.75) is 4.90 Å². The summed E-state index contributed by atoms with van der Waals surface area (Å²) in [5.74, 6) is 0. The Morgan fingerprint density at radius 3 is 2.15 bits per heavy atom. The monoisotopic (exact) mass is 338 g/mol. The van der Waals surface area contributed by atoms with Crippen LogP contribution in [0.3, 0.4) is 0 Å². The molecule has 0 spiro atoms. The lowest BCUT2D eigenvalue weighted by Gasteiger charge is -2.34. The molecule has 20 heavy (non-hydrogen) atoms. The molecule has 9 heteroatoms. The molecule has 0 N–H and O–H groups in total. The average Bonchev–Trinajstić information content (AvgIpc) is 2.37. The second-order valence-corrected chi connectivity index (χ2v) is 9.12. The Kier molecular flexibility index (Phi) is 4.29. The van der Waals surface area contributed by atoms with E-state index in [1.54, 1.807) is 18.2 Å². The topological polar surface area (TPSA) is 74.8 Å². The molecule has 1 aromatic rings. The Bertz CT molecular complexity index is 695. The molecule has 0 radical (unpaired) electrons. The molecule has 0 aliphatic carbocycles. The van der Waals surface area contributed by atoms with Crippen molar-refractivity contribution in [2.24, 2.45) is 0 Å². The molecular formula is C11H15ClN2O4S2. The van der Waals surface area contributed by atoms with E-state index in [2.05, 4.69) is 0 Å². The average molecular weight is 339 g/mol. The molecule has 1 aromatic carbocycles. The van der Waals surface area contributed by atoms with Gasteiger partial charge >= 0.3 is 0 Å². The number of halogens is 1. The maximum atomic E-state index is 11.5. The number of nitrogens with zero attached hydrogens (tertiary/aromatic N) is 2. The second-order valence-electron chi connectivity index (χ2n) is 4.60. The van der Waals surface area contributed by atoms with E-state index < -0.39 is 19.1 Å². The summed E-state index contributed by atoms with van der Waals surface area (Å²) in [6.45, 7) is 1.52. The molecule has 112 valence electrons. The summed E-state index contributed by atoms with van der Waals surface area (Å²) in [6.07, 6.45) is 1.16. The summed E-state index contributed by atoms with van der Waals surface area (Å²) in [6, 6.07) is 6.62. The van der Waals surface area contributed by atoms with E-state index in [1.165, 1.54) is 10.4 Å². The first-order valence-electron chi connectivity index (χ1n) is 5.93. The fraction of sp³-hybridized carbons (Fsp3) is 0.455.